The minimum atomic E-state index is -0.881. The monoisotopic (exact) mass is 398 g/mol. The molecular formula is C20H22N4O3S. The van der Waals surface area contributed by atoms with Gasteiger partial charge < -0.3 is 10.6 Å². The van der Waals surface area contributed by atoms with Crippen molar-refractivity contribution in [2.45, 2.75) is 39.2 Å². The van der Waals surface area contributed by atoms with Crippen LogP contribution in [0.2, 0.25) is 0 Å². The number of aromatic nitrogens is 1. The topological polar surface area (TPSA) is 91.4 Å². The van der Waals surface area contributed by atoms with Crippen molar-refractivity contribution < 1.29 is 14.4 Å². The molecule has 0 bridgehead atoms. The van der Waals surface area contributed by atoms with Crippen LogP contribution in [-0.4, -0.2) is 39.8 Å². The molecule has 4 rings (SSSR count). The maximum absolute atomic E-state index is 12.6. The van der Waals surface area contributed by atoms with Crippen LogP contribution in [0.3, 0.4) is 0 Å². The number of carbonyl (C=O) groups is 3. The van der Waals surface area contributed by atoms with Crippen molar-refractivity contribution in [2.75, 3.05) is 11.9 Å². The summed E-state index contributed by atoms with van der Waals surface area (Å²) < 4.78 is 0. The lowest BCUT2D eigenvalue weighted by Crippen LogP contribution is -2.46. The minimum absolute atomic E-state index is 0.163. The van der Waals surface area contributed by atoms with Crippen LogP contribution in [0.1, 0.15) is 30.9 Å². The van der Waals surface area contributed by atoms with Crippen molar-refractivity contribution in [1.82, 2.24) is 15.2 Å². The van der Waals surface area contributed by atoms with Crippen molar-refractivity contribution in [1.29, 1.82) is 0 Å². The predicted molar refractivity (Wildman–Crippen MR) is 107 cm³/mol. The smallest absolute Gasteiger partial charge is 0.323 e. The number of nitrogens with zero attached hydrogens (tertiary/aromatic N) is 2. The first-order chi connectivity index (χ1) is 13.3. The fourth-order valence-electron chi connectivity index (χ4n) is 3.57. The molecule has 7 nitrogen and oxygen atoms in total. The van der Waals surface area contributed by atoms with Gasteiger partial charge in [0.15, 0.2) is 5.13 Å². The number of benzene rings is 1. The molecule has 1 saturated carbocycles. The number of anilines is 1. The van der Waals surface area contributed by atoms with Crippen LogP contribution in [0, 0.1) is 19.8 Å². The van der Waals surface area contributed by atoms with Crippen molar-refractivity contribution in [3.63, 3.8) is 0 Å². The first-order valence-corrected chi connectivity index (χ1v) is 10.1. The Balaban J connectivity index is 1.43. The van der Waals surface area contributed by atoms with Crippen molar-refractivity contribution in [2.24, 2.45) is 5.92 Å². The van der Waals surface area contributed by atoms with Gasteiger partial charge in [0, 0.05) is 10.9 Å². The van der Waals surface area contributed by atoms with Crippen LogP contribution in [0.15, 0.2) is 23.6 Å². The van der Waals surface area contributed by atoms with Gasteiger partial charge in [-0.05, 0) is 51.2 Å². The van der Waals surface area contributed by atoms with Gasteiger partial charge in [-0.3, -0.25) is 14.5 Å². The predicted octanol–water partition coefficient (Wildman–Crippen LogP) is 3.09. The molecule has 146 valence electrons. The Kier molecular flexibility index (Phi) is 4.45. The van der Waals surface area contributed by atoms with Crippen molar-refractivity contribution in [3.05, 3.63) is 34.7 Å². The third-order valence-corrected chi connectivity index (χ3v) is 6.17. The Bertz CT molecular complexity index is 982. The molecule has 8 heteroatoms. The standard InChI is InChI=1S/C20H22N4O3S/c1-11-4-5-12(2)14(8-11)15-10-28-18(21-15)22-16(25)9-24-17(26)20(3,13-6-7-13)23-19(24)27/h4-5,8,10,13H,6-7,9H2,1-3H3,(H,23,27)(H,21,22,25)/t20-/m1/s1. The van der Waals surface area contributed by atoms with Gasteiger partial charge in [0.1, 0.15) is 12.1 Å². The lowest BCUT2D eigenvalue weighted by molar-refractivity contribution is -0.134. The number of thiazole rings is 1. The van der Waals surface area contributed by atoms with Crippen molar-refractivity contribution >= 4 is 34.3 Å². The molecule has 4 amide bonds. The Morgan fingerprint density at radius 2 is 2.11 bits per heavy atom. The van der Waals surface area contributed by atoms with E-state index in [4.69, 9.17) is 0 Å². The molecular weight excluding hydrogens is 376 g/mol. The molecule has 2 fully saturated rings. The fraction of sp³-hybridized carbons (Fsp3) is 0.400. The highest BCUT2D eigenvalue weighted by atomic mass is 32.1. The zero-order valence-electron chi connectivity index (χ0n) is 16.0. The van der Waals surface area contributed by atoms with E-state index >= 15 is 0 Å². The van der Waals surface area contributed by atoms with E-state index in [-0.39, 0.29) is 18.4 Å². The van der Waals surface area contributed by atoms with Crippen LogP contribution in [0.4, 0.5) is 9.93 Å². The summed E-state index contributed by atoms with van der Waals surface area (Å²) in [5.74, 6) is -0.605. The van der Waals surface area contributed by atoms with Crippen LogP contribution in [0.25, 0.3) is 11.3 Å². The maximum Gasteiger partial charge on any atom is 0.325 e. The van der Waals surface area contributed by atoms with Gasteiger partial charge in [0.05, 0.1) is 5.69 Å². The highest BCUT2D eigenvalue weighted by Crippen LogP contribution is 2.42. The van der Waals surface area contributed by atoms with E-state index in [0.29, 0.717) is 5.13 Å². The van der Waals surface area contributed by atoms with Gasteiger partial charge in [-0.15, -0.1) is 11.3 Å². The van der Waals surface area contributed by atoms with Crippen LogP contribution in [-0.2, 0) is 9.59 Å². The van der Waals surface area contributed by atoms with Gasteiger partial charge in [0.2, 0.25) is 5.91 Å². The second kappa shape index (κ2) is 6.70. The summed E-state index contributed by atoms with van der Waals surface area (Å²) in [6.45, 7) is 5.46. The van der Waals surface area contributed by atoms with Gasteiger partial charge in [-0.1, -0.05) is 17.7 Å². The number of rotatable bonds is 5. The normalized spacial score (nSPS) is 21.8. The first-order valence-electron chi connectivity index (χ1n) is 9.25. The fourth-order valence-corrected chi connectivity index (χ4v) is 4.29. The van der Waals surface area contributed by atoms with Gasteiger partial charge in [-0.2, -0.15) is 0 Å². The largest absolute Gasteiger partial charge is 0.325 e. The second-order valence-corrected chi connectivity index (χ2v) is 8.56. The molecule has 2 heterocycles. The summed E-state index contributed by atoms with van der Waals surface area (Å²) in [6.07, 6.45) is 1.84. The van der Waals surface area contributed by atoms with Crippen LogP contribution in [0.5, 0.6) is 0 Å². The quantitative estimate of drug-likeness (QED) is 0.757. The molecule has 1 aliphatic carbocycles. The van der Waals surface area contributed by atoms with Gasteiger partial charge in [0.25, 0.3) is 5.91 Å². The summed E-state index contributed by atoms with van der Waals surface area (Å²) in [7, 11) is 0. The lowest BCUT2D eigenvalue weighted by Gasteiger charge is -2.20. The summed E-state index contributed by atoms with van der Waals surface area (Å²) in [6, 6.07) is 5.63. The van der Waals surface area contributed by atoms with E-state index in [0.717, 1.165) is 40.1 Å². The lowest BCUT2D eigenvalue weighted by atomic mass is 9.96. The number of carbonyl (C=O) groups excluding carboxylic acids is 3. The number of hydrogen-bond acceptors (Lipinski definition) is 5. The molecule has 2 N–H and O–H groups in total. The van der Waals surface area contributed by atoms with E-state index in [1.165, 1.54) is 11.3 Å². The maximum atomic E-state index is 12.6. The number of nitrogens with one attached hydrogen (secondary N) is 2. The Hall–Kier alpha value is -2.74. The van der Waals surface area contributed by atoms with E-state index in [1.807, 2.05) is 31.4 Å². The Morgan fingerprint density at radius 3 is 2.82 bits per heavy atom. The number of hydrogen-bond donors (Lipinski definition) is 2. The van der Waals surface area contributed by atoms with Gasteiger partial charge >= 0.3 is 6.03 Å². The Morgan fingerprint density at radius 1 is 1.36 bits per heavy atom. The number of amides is 4. The van der Waals surface area contributed by atoms with E-state index < -0.39 is 17.5 Å². The molecule has 0 radical (unpaired) electrons. The molecule has 2 aliphatic rings. The molecule has 0 spiro atoms. The highest BCUT2D eigenvalue weighted by Gasteiger charge is 2.56. The average molecular weight is 398 g/mol. The van der Waals surface area contributed by atoms with Crippen molar-refractivity contribution in [3.8, 4) is 11.3 Å². The molecule has 1 aromatic carbocycles. The summed E-state index contributed by atoms with van der Waals surface area (Å²) in [5, 5.41) is 7.77. The molecule has 28 heavy (non-hydrogen) atoms. The van der Waals surface area contributed by atoms with Crippen LogP contribution < -0.4 is 10.6 Å². The third kappa shape index (κ3) is 3.28. The van der Waals surface area contributed by atoms with E-state index in [2.05, 4.69) is 21.7 Å². The zero-order chi connectivity index (χ0) is 20.1. The number of urea groups is 1. The molecule has 1 aromatic heterocycles. The van der Waals surface area contributed by atoms with E-state index in [9.17, 15) is 14.4 Å². The molecule has 1 atom stereocenters. The first kappa shape index (κ1) is 18.6. The molecule has 2 aromatic rings. The SMILES string of the molecule is Cc1ccc(C)c(-c2csc(NC(=O)CN3C(=O)N[C@](C)(C4CC4)C3=O)n2)c1. The molecule has 1 saturated heterocycles. The Labute approximate surface area is 167 Å². The summed E-state index contributed by atoms with van der Waals surface area (Å²) in [5.41, 5.74) is 3.17. The number of imide groups is 1. The highest BCUT2D eigenvalue weighted by molar-refractivity contribution is 7.14. The summed E-state index contributed by atoms with van der Waals surface area (Å²) >= 11 is 1.31. The van der Waals surface area contributed by atoms with E-state index in [1.54, 1.807) is 6.92 Å². The molecule has 1 aliphatic heterocycles. The molecule has 0 unspecified atom stereocenters. The zero-order valence-corrected chi connectivity index (χ0v) is 16.9. The minimum Gasteiger partial charge on any atom is -0.323 e. The van der Waals surface area contributed by atoms with Crippen LogP contribution >= 0.6 is 11.3 Å². The third-order valence-electron chi connectivity index (χ3n) is 5.42. The van der Waals surface area contributed by atoms with Gasteiger partial charge in [-0.25, -0.2) is 9.78 Å². The summed E-state index contributed by atoms with van der Waals surface area (Å²) in [4.78, 5) is 42.7. The average Bonchev–Trinajstić information content (AvgIpc) is 3.37. The number of aryl methyl sites for hydroxylation is 2. The second-order valence-electron chi connectivity index (χ2n) is 7.70.